The van der Waals surface area contributed by atoms with Gasteiger partial charge in [0, 0.05) is 16.4 Å². The van der Waals surface area contributed by atoms with E-state index in [1.165, 1.54) is 12.5 Å². The molecule has 0 amide bonds. The molecule has 5 nitrogen and oxygen atoms in total. The highest BCUT2D eigenvalue weighted by molar-refractivity contribution is 9.10. The van der Waals surface area contributed by atoms with Gasteiger partial charge in [0.15, 0.2) is 0 Å². The number of carbonyl (C=O) groups is 1. The number of nitrogens with zero attached hydrogens (tertiary/aromatic N) is 2. The van der Waals surface area contributed by atoms with Gasteiger partial charge in [0.1, 0.15) is 11.9 Å². The van der Waals surface area contributed by atoms with E-state index in [2.05, 4.69) is 31.2 Å². The smallest absolute Gasteiger partial charge is 0.339 e. The highest BCUT2D eigenvalue weighted by atomic mass is 79.9. The van der Waals surface area contributed by atoms with Crippen LogP contribution in [-0.2, 0) is 6.54 Å². The second-order valence-corrected chi connectivity index (χ2v) is 5.37. The van der Waals surface area contributed by atoms with E-state index >= 15 is 0 Å². The lowest BCUT2D eigenvalue weighted by atomic mass is 10.1. The molecule has 1 heterocycles. The third-order valence-corrected chi connectivity index (χ3v) is 3.41. The standard InChI is InChI=1S/C14H14BrN3O2/c1-8-3-10(15)4-9(2)13(8)17-6-12-11(14(19)20)5-16-7-18-12/h3-5,7,17H,6H2,1-2H3,(H,19,20). The van der Waals surface area contributed by atoms with E-state index in [1.807, 2.05) is 26.0 Å². The average molecular weight is 336 g/mol. The van der Waals surface area contributed by atoms with Crippen LogP contribution in [0.1, 0.15) is 27.2 Å². The van der Waals surface area contributed by atoms with E-state index in [-0.39, 0.29) is 5.56 Å². The SMILES string of the molecule is Cc1cc(Br)cc(C)c1NCc1ncncc1C(=O)O. The van der Waals surface area contributed by atoms with Gasteiger partial charge in [-0.1, -0.05) is 15.9 Å². The zero-order chi connectivity index (χ0) is 14.7. The summed E-state index contributed by atoms with van der Waals surface area (Å²) in [7, 11) is 0. The number of benzene rings is 1. The van der Waals surface area contributed by atoms with Gasteiger partial charge in [0.25, 0.3) is 0 Å². The predicted octanol–water partition coefficient (Wildman–Crippen LogP) is 3.17. The number of rotatable bonds is 4. The fourth-order valence-electron chi connectivity index (χ4n) is 2.04. The van der Waals surface area contributed by atoms with Gasteiger partial charge >= 0.3 is 5.97 Å². The minimum absolute atomic E-state index is 0.118. The first-order chi connectivity index (χ1) is 9.49. The zero-order valence-corrected chi connectivity index (χ0v) is 12.7. The quantitative estimate of drug-likeness (QED) is 0.897. The van der Waals surface area contributed by atoms with E-state index in [0.717, 1.165) is 21.3 Å². The van der Waals surface area contributed by atoms with Gasteiger partial charge in [-0.2, -0.15) is 0 Å². The van der Waals surface area contributed by atoms with Crippen molar-refractivity contribution in [2.24, 2.45) is 0 Å². The molecule has 2 N–H and O–H groups in total. The number of aryl methyl sites for hydroxylation is 2. The lowest BCUT2D eigenvalue weighted by molar-refractivity contribution is 0.0694. The molecule has 0 unspecified atom stereocenters. The Morgan fingerprint density at radius 2 is 2.00 bits per heavy atom. The molecule has 0 aliphatic heterocycles. The number of nitrogens with one attached hydrogen (secondary N) is 1. The van der Waals surface area contributed by atoms with Gasteiger partial charge in [-0.25, -0.2) is 14.8 Å². The van der Waals surface area contributed by atoms with E-state index in [4.69, 9.17) is 5.11 Å². The molecule has 1 aromatic carbocycles. The number of halogens is 1. The Labute approximate surface area is 125 Å². The fourth-order valence-corrected chi connectivity index (χ4v) is 2.72. The van der Waals surface area contributed by atoms with Crippen molar-refractivity contribution in [3.8, 4) is 0 Å². The van der Waals surface area contributed by atoms with E-state index in [9.17, 15) is 4.79 Å². The monoisotopic (exact) mass is 335 g/mol. The Kier molecular flexibility index (Phi) is 4.34. The van der Waals surface area contributed by atoms with Gasteiger partial charge in [-0.3, -0.25) is 0 Å². The number of hydrogen-bond acceptors (Lipinski definition) is 4. The van der Waals surface area contributed by atoms with Crippen molar-refractivity contribution < 1.29 is 9.90 Å². The molecular formula is C14H14BrN3O2. The highest BCUT2D eigenvalue weighted by Crippen LogP contribution is 2.25. The van der Waals surface area contributed by atoms with Gasteiger partial charge < -0.3 is 10.4 Å². The molecule has 1 aromatic heterocycles. The minimum atomic E-state index is -1.02. The van der Waals surface area contributed by atoms with Crippen molar-refractivity contribution in [1.29, 1.82) is 0 Å². The molecule has 2 aromatic rings. The molecule has 6 heteroatoms. The Bertz CT molecular complexity index is 636. The third kappa shape index (κ3) is 3.14. The second-order valence-electron chi connectivity index (χ2n) is 4.46. The minimum Gasteiger partial charge on any atom is -0.478 e. The summed E-state index contributed by atoms with van der Waals surface area (Å²) >= 11 is 3.45. The van der Waals surface area contributed by atoms with Crippen molar-refractivity contribution in [3.63, 3.8) is 0 Å². The summed E-state index contributed by atoms with van der Waals surface area (Å²) < 4.78 is 1.02. The molecule has 20 heavy (non-hydrogen) atoms. The van der Waals surface area contributed by atoms with Crippen molar-refractivity contribution in [3.05, 3.63) is 51.5 Å². The molecule has 0 aliphatic carbocycles. The lowest BCUT2D eigenvalue weighted by Crippen LogP contribution is -2.11. The van der Waals surface area contributed by atoms with Crippen LogP contribution in [0, 0.1) is 13.8 Å². The Balaban J connectivity index is 2.24. The first-order valence-electron chi connectivity index (χ1n) is 6.02. The maximum absolute atomic E-state index is 11.1. The first-order valence-corrected chi connectivity index (χ1v) is 6.81. The predicted molar refractivity (Wildman–Crippen MR) is 79.9 cm³/mol. The van der Waals surface area contributed by atoms with Crippen LogP contribution in [0.25, 0.3) is 0 Å². The third-order valence-electron chi connectivity index (χ3n) is 2.96. The van der Waals surface area contributed by atoms with E-state index < -0.39 is 5.97 Å². The average Bonchev–Trinajstić information content (AvgIpc) is 2.37. The first kappa shape index (κ1) is 14.5. The van der Waals surface area contributed by atoms with Gasteiger partial charge in [0.05, 0.1) is 12.2 Å². The molecule has 0 saturated heterocycles. The molecular weight excluding hydrogens is 322 g/mol. The van der Waals surface area contributed by atoms with E-state index in [0.29, 0.717) is 12.2 Å². The summed E-state index contributed by atoms with van der Waals surface area (Å²) in [5.74, 6) is -1.02. The lowest BCUT2D eigenvalue weighted by Gasteiger charge is -2.13. The Morgan fingerprint density at radius 3 is 2.60 bits per heavy atom. The number of aromatic nitrogens is 2. The maximum atomic E-state index is 11.1. The Morgan fingerprint density at radius 1 is 1.35 bits per heavy atom. The Hall–Kier alpha value is -1.95. The van der Waals surface area contributed by atoms with Gasteiger partial charge in [-0.05, 0) is 37.1 Å². The molecule has 0 bridgehead atoms. The van der Waals surface area contributed by atoms with Crippen LogP contribution in [0.5, 0.6) is 0 Å². The number of aromatic carboxylic acids is 1. The van der Waals surface area contributed by atoms with Crippen LogP contribution < -0.4 is 5.32 Å². The molecule has 0 aliphatic rings. The number of anilines is 1. The molecule has 0 atom stereocenters. The van der Waals surface area contributed by atoms with Crippen LogP contribution in [0.2, 0.25) is 0 Å². The maximum Gasteiger partial charge on any atom is 0.339 e. The van der Waals surface area contributed by atoms with Gasteiger partial charge in [-0.15, -0.1) is 0 Å². The molecule has 2 rings (SSSR count). The van der Waals surface area contributed by atoms with Gasteiger partial charge in [0.2, 0.25) is 0 Å². The highest BCUT2D eigenvalue weighted by Gasteiger charge is 2.12. The van der Waals surface area contributed by atoms with Crippen LogP contribution in [0.15, 0.2) is 29.1 Å². The fraction of sp³-hybridized carbons (Fsp3) is 0.214. The number of carboxylic acids is 1. The van der Waals surface area contributed by atoms with Crippen LogP contribution in [0.4, 0.5) is 5.69 Å². The molecule has 0 spiro atoms. The van der Waals surface area contributed by atoms with Crippen molar-refractivity contribution >= 4 is 27.6 Å². The summed E-state index contributed by atoms with van der Waals surface area (Å²) in [5, 5.41) is 12.3. The molecule has 104 valence electrons. The normalized spacial score (nSPS) is 10.3. The molecule has 0 saturated carbocycles. The summed E-state index contributed by atoms with van der Waals surface area (Å²) in [6, 6.07) is 4.01. The van der Waals surface area contributed by atoms with E-state index in [1.54, 1.807) is 0 Å². The summed E-state index contributed by atoms with van der Waals surface area (Å²) in [6.07, 6.45) is 2.67. The van der Waals surface area contributed by atoms with Crippen molar-refractivity contribution in [2.45, 2.75) is 20.4 Å². The van der Waals surface area contributed by atoms with Crippen LogP contribution in [0.3, 0.4) is 0 Å². The van der Waals surface area contributed by atoms with Crippen LogP contribution >= 0.6 is 15.9 Å². The van der Waals surface area contributed by atoms with Crippen molar-refractivity contribution in [2.75, 3.05) is 5.32 Å². The van der Waals surface area contributed by atoms with Crippen LogP contribution in [-0.4, -0.2) is 21.0 Å². The number of hydrogen-bond donors (Lipinski definition) is 2. The largest absolute Gasteiger partial charge is 0.478 e. The molecule has 0 radical (unpaired) electrons. The summed E-state index contributed by atoms with van der Waals surface area (Å²) in [6.45, 7) is 4.34. The zero-order valence-electron chi connectivity index (χ0n) is 11.1. The van der Waals surface area contributed by atoms with Crippen molar-refractivity contribution in [1.82, 2.24) is 9.97 Å². The molecule has 0 fully saturated rings. The topological polar surface area (TPSA) is 75.1 Å². The summed E-state index contributed by atoms with van der Waals surface area (Å²) in [5.41, 5.74) is 3.75. The summed E-state index contributed by atoms with van der Waals surface area (Å²) in [4.78, 5) is 18.9. The number of carboxylic acid groups (broad SMARTS) is 1. The second kappa shape index (κ2) is 6.00.